The van der Waals surface area contributed by atoms with Crippen LogP contribution in [0.1, 0.15) is 19.4 Å². The lowest BCUT2D eigenvalue weighted by Crippen LogP contribution is -2.07. The van der Waals surface area contributed by atoms with Crippen molar-refractivity contribution >= 4 is 10.9 Å². The fourth-order valence-corrected chi connectivity index (χ4v) is 1.60. The molecule has 2 rings (SSSR count). The number of benzene rings is 1. The Morgan fingerprint density at radius 1 is 1.35 bits per heavy atom. The third-order valence-corrected chi connectivity index (χ3v) is 2.47. The van der Waals surface area contributed by atoms with Crippen LogP contribution in [0, 0.1) is 12.7 Å². The molecule has 0 unspecified atom stereocenters. The molecule has 0 spiro atoms. The summed E-state index contributed by atoms with van der Waals surface area (Å²) in [7, 11) is 0. The van der Waals surface area contributed by atoms with Crippen LogP contribution in [0.2, 0.25) is 0 Å². The number of aromatic hydroxyl groups is 1. The van der Waals surface area contributed by atoms with E-state index in [4.69, 9.17) is 4.74 Å². The molecule has 90 valence electrons. The fraction of sp³-hybridized carbons (Fsp3) is 0.308. The van der Waals surface area contributed by atoms with Crippen molar-refractivity contribution in [3.05, 3.63) is 29.6 Å². The van der Waals surface area contributed by atoms with Gasteiger partial charge in [-0.25, -0.2) is 9.37 Å². The first-order valence-electron chi connectivity index (χ1n) is 5.44. The second kappa shape index (κ2) is 4.20. The van der Waals surface area contributed by atoms with Crippen molar-refractivity contribution in [3.63, 3.8) is 0 Å². The molecular weight excluding hydrogens is 221 g/mol. The van der Waals surface area contributed by atoms with Gasteiger partial charge in [0.1, 0.15) is 11.3 Å². The number of halogens is 1. The maximum Gasteiger partial charge on any atom is 0.214 e. The molecule has 0 aliphatic heterocycles. The van der Waals surface area contributed by atoms with Crippen LogP contribution in [0.15, 0.2) is 18.2 Å². The van der Waals surface area contributed by atoms with E-state index in [0.717, 1.165) is 0 Å². The Hall–Kier alpha value is -1.84. The van der Waals surface area contributed by atoms with E-state index in [1.54, 1.807) is 12.1 Å². The van der Waals surface area contributed by atoms with Crippen molar-refractivity contribution < 1.29 is 14.2 Å². The lowest BCUT2D eigenvalue weighted by atomic mass is 10.1. The fourth-order valence-electron chi connectivity index (χ4n) is 1.60. The Labute approximate surface area is 98.9 Å². The van der Waals surface area contributed by atoms with Crippen molar-refractivity contribution in [2.45, 2.75) is 26.9 Å². The number of hydrogen-bond donors (Lipinski definition) is 1. The predicted octanol–water partition coefficient (Wildman–Crippen LogP) is 3.18. The molecule has 0 bridgehead atoms. The van der Waals surface area contributed by atoms with E-state index >= 15 is 0 Å². The van der Waals surface area contributed by atoms with Crippen LogP contribution in [-0.2, 0) is 0 Å². The minimum atomic E-state index is -0.505. The van der Waals surface area contributed by atoms with E-state index in [9.17, 15) is 9.50 Å². The molecule has 17 heavy (non-hydrogen) atoms. The van der Waals surface area contributed by atoms with E-state index < -0.39 is 5.82 Å². The molecule has 2 aromatic rings. The Bertz CT molecular complexity index is 567. The number of phenols is 1. The predicted molar refractivity (Wildman–Crippen MR) is 63.9 cm³/mol. The zero-order valence-electron chi connectivity index (χ0n) is 9.99. The first-order chi connectivity index (χ1) is 7.99. The lowest BCUT2D eigenvalue weighted by molar-refractivity contribution is 0.233. The summed E-state index contributed by atoms with van der Waals surface area (Å²) >= 11 is 0. The summed E-state index contributed by atoms with van der Waals surface area (Å²) in [6, 6.07) is 4.85. The first-order valence-corrected chi connectivity index (χ1v) is 5.44. The summed E-state index contributed by atoms with van der Waals surface area (Å²) in [4.78, 5) is 4.11. The van der Waals surface area contributed by atoms with Crippen LogP contribution in [0.3, 0.4) is 0 Å². The van der Waals surface area contributed by atoms with Crippen molar-refractivity contribution in [1.82, 2.24) is 4.98 Å². The molecule has 0 aliphatic carbocycles. The molecule has 0 radical (unpaired) electrons. The molecule has 1 aromatic heterocycles. The molecule has 0 atom stereocenters. The van der Waals surface area contributed by atoms with Gasteiger partial charge in [-0.15, -0.1) is 0 Å². The van der Waals surface area contributed by atoms with Crippen molar-refractivity contribution in [2.75, 3.05) is 0 Å². The highest BCUT2D eigenvalue weighted by molar-refractivity contribution is 5.82. The molecule has 0 fully saturated rings. The molecule has 0 amide bonds. The van der Waals surface area contributed by atoms with Crippen molar-refractivity contribution in [1.29, 1.82) is 0 Å². The normalized spacial score (nSPS) is 11.1. The molecule has 3 nitrogen and oxygen atoms in total. The third-order valence-electron chi connectivity index (χ3n) is 2.47. The van der Waals surface area contributed by atoms with E-state index in [1.165, 1.54) is 13.0 Å². The van der Waals surface area contributed by atoms with Gasteiger partial charge in [-0.2, -0.15) is 0 Å². The monoisotopic (exact) mass is 235 g/mol. The van der Waals surface area contributed by atoms with E-state index in [1.807, 2.05) is 13.8 Å². The number of nitrogens with zero attached hydrogens (tertiary/aromatic N) is 1. The third kappa shape index (κ3) is 2.16. The van der Waals surface area contributed by atoms with Crippen LogP contribution in [0.25, 0.3) is 10.9 Å². The Kier molecular flexibility index (Phi) is 2.88. The topological polar surface area (TPSA) is 42.4 Å². The largest absolute Gasteiger partial charge is 0.508 e. The van der Waals surface area contributed by atoms with Crippen molar-refractivity contribution in [3.8, 4) is 11.6 Å². The van der Waals surface area contributed by atoms with Gasteiger partial charge in [-0.3, -0.25) is 0 Å². The number of aromatic nitrogens is 1. The van der Waals surface area contributed by atoms with Gasteiger partial charge in [0.25, 0.3) is 0 Å². The van der Waals surface area contributed by atoms with Gasteiger partial charge >= 0.3 is 0 Å². The lowest BCUT2D eigenvalue weighted by Gasteiger charge is -2.10. The summed E-state index contributed by atoms with van der Waals surface area (Å²) in [5.74, 6) is -0.181. The summed E-state index contributed by atoms with van der Waals surface area (Å²) in [6.07, 6.45) is -0.0128. The van der Waals surface area contributed by atoms with Crippen molar-refractivity contribution in [2.24, 2.45) is 0 Å². The summed E-state index contributed by atoms with van der Waals surface area (Å²) in [5, 5.41) is 10.1. The number of hydrogen-bond acceptors (Lipinski definition) is 3. The van der Waals surface area contributed by atoms with Gasteiger partial charge in [-0.05, 0) is 32.9 Å². The minimum Gasteiger partial charge on any atom is -0.508 e. The molecular formula is C13H14FNO2. The Morgan fingerprint density at radius 2 is 2.06 bits per heavy atom. The quantitative estimate of drug-likeness (QED) is 0.869. The second-order valence-corrected chi connectivity index (χ2v) is 4.22. The first kappa shape index (κ1) is 11.6. The summed E-state index contributed by atoms with van der Waals surface area (Å²) in [5.41, 5.74) is 0.421. The number of ether oxygens (including phenoxy) is 1. The average Bonchev–Trinajstić information content (AvgIpc) is 2.26. The van der Waals surface area contributed by atoms with Crippen LogP contribution in [-0.4, -0.2) is 16.2 Å². The number of rotatable bonds is 2. The van der Waals surface area contributed by atoms with Gasteiger partial charge in [0.2, 0.25) is 5.88 Å². The second-order valence-electron chi connectivity index (χ2n) is 4.22. The molecule has 1 aromatic carbocycles. The zero-order valence-corrected chi connectivity index (χ0v) is 9.99. The molecule has 4 heteroatoms. The van der Waals surface area contributed by atoms with Gasteiger partial charge in [0.15, 0.2) is 5.82 Å². The highest BCUT2D eigenvalue weighted by Gasteiger charge is 2.11. The van der Waals surface area contributed by atoms with Crippen LogP contribution < -0.4 is 4.74 Å². The Balaban J connectivity index is 2.60. The molecule has 1 heterocycles. The SMILES string of the molecule is Cc1c(O)cc2ccc(OC(C)C)nc2c1F. The number of pyridine rings is 1. The van der Waals surface area contributed by atoms with E-state index in [2.05, 4.69) is 4.98 Å². The molecule has 0 saturated carbocycles. The highest BCUT2D eigenvalue weighted by atomic mass is 19.1. The maximum atomic E-state index is 13.9. The van der Waals surface area contributed by atoms with Gasteiger partial charge in [0.05, 0.1) is 6.10 Å². The molecule has 0 saturated heterocycles. The summed E-state index contributed by atoms with van der Waals surface area (Å²) < 4.78 is 19.3. The maximum absolute atomic E-state index is 13.9. The van der Waals surface area contributed by atoms with Gasteiger partial charge in [0, 0.05) is 17.0 Å². The average molecular weight is 235 g/mol. The smallest absolute Gasteiger partial charge is 0.214 e. The summed E-state index contributed by atoms with van der Waals surface area (Å²) in [6.45, 7) is 5.27. The van der Waals surface area contributed by atoms with Gasteiger partial charge < -0.3 is 9.84 Å². The number of fused-ring (bicyclic) bond motifs is 1. The highest BCUT2D eigenvalue weighted by Crippen LogP contribution is 2.28. The van der Waals surface area contributed by atoms with Gasteiger partial charge in [-0.1, -0.05) is 0 Å². The Morgan fingerprint density at radius 3 is 2.71 bits per heavy atom. The molecule has 1 N–H and O–H groups in total. The van der Waals surface area contributed by atoms with Crippen LogP contribution in [0.5, 0.6) is 11.6 Å². The number of phenolic OH excluding ortho intramolecular Hbond substituents is 1. The molecule has 0 aliphatic rings. The standard InChI is InChI=1S/C13H14FNO2/c1-7(2)17-11-5-4-9-6-10(16)8(3)12(14)13(9)15-11/h4-7,16H,1-3H3. The van der Waals surface area contributed by atoms with E-state index in [-0.39, 0.29) is 22.9 Å². The van der Waals surface area contributed by atoms with Crippen LogP contribution in [0.4, 0.5) is 4.39 Å². The van der Waals surface area contributed by atoms with Crippen LogP contribution >= 0.6 is 0 Å². The minimum absolute atomic E-state index is 0.0128. The zero-order chi connectivity index (χ0) is 12.6. The van der Waals surface area contributed by atoms with E-state index in [0.29, 0.717) is 11.3 Å².